The molecule has 1 saturated heterocycles. The van der Waals surface area contributed by atoms with Gasteiger partial charge in [0, 0.05) is 31.7 Å². The van der Waals surface area contributed by atoms with Gasteiger partial charge in [0.2, 0.25) is 0 Å². The highest BCUT2D eigenvalue weighted by Gasteiger charge is 2.32. The van der Waals surface area contributed by atoms with Gasteiger partial charge in [-0.3, -0.25) is 0 Å². The van der Waals surface area contributed by atoms with Gasteiger partial charge >= 0.3 is 6.03 Å². The third-order valence-electron chi connectivity index (χ3n) is 5.18. The highest BCUT2D eigenvalue weighted by atomic mass is 16.3. The quantitative estimate of drug-likeness (QED) is 0.784. The Morgan fingerprint density at radius 1 is 1.38 bits per heavy atom. The Morgan fingerprint density at radius 3 is 2.71 bits per heavy atom. The minimum absolute atomic E-state index is 0.0223. The fourth-order valence-corrected chi connectivity index (χ4v) is 3.46. The van der Waals surface area contributed by atoms with Gasteiger partial charge in [0.15, 0.2) is 0 Å². The molecule has 2 unspecified atom stereocenters. The number of aliphatic hydroxyl groups is 1. The largest absolute Gasteiger partial charge is 0.395 e. The summed E-state index contributed by atoms with van der Waals surface area (Å²) in [6.45, 7) is 7.49. The number of carbonyl (C=O) groups is 1. The highest BCUT2D eigenvalue weighted by molar-refractivity contribution is 5.74. The van der Waals surface area contributed by atoms with E-state index in [1.807, 2.05) is 6.92 Å². The molecule has 21 heavy (non-hydrogen) atoms. The molecule has 122 valence electrons. The van der Waals surface area contributed by atoms with Crippen molar-refractivity contribution in [2.45, 2.75) is 58.0 Å². The molecule has 0 aromatic rings. The van der Waals surface area contributed by atoms with Crippen LogP contribution in [0.25, 0.3) is 0 Å². The molecule has 0 aromatic heterocycles. The summed E-state index contributed by atoms with van der Waals surface area (Å²) in [6, 6.07) is 0.963. The fraction of sp³-hybridized carbons (Fsp3) is 0.938. The zero-order valence-electron chi connectivity index (χ0n) is 13.6. The maximum atomic E-state index is 12.2. The number of urea groups is 1. The molecule has 0 spiro atoms. The molecular formula is C16H31N3O2. The van der Waals surface area contributed by atoms with Crippen molar-refractivity contribution in [3.63, 3.8) is 0 Å². The summed E-state index contributed by atoms with van der Waals surface area (Å²) in [7, 11) is 0. The molecule has 2 atom stereocenters. The Kier molecular flexibility index (Phi) is 6.30. The highest BCUT2D eigenvalue weighted by Crippen LogP contribution is 2.30. The summed E-state index contributed by atoms with van der Waals surface area (Å²) in [5.41, 5.74) is 0. The Morgan fingerprint density at radius 2 is 2.14 bits per heavy atom. The summed E-state index contributed by atoms with van der Waals surface area (Å²) in [5.74, 6) is 0.552. The van der Waals surface area contributed by atoms with Crippen molar-refractivity contribution in [2.24, 2.45) is 5.92 Å². The van der Waals surface area contributed by atoms with E-state index in [2.05, 4.69) is 17.1 Å². The van der Waals surface area contributed by atoms with Crippen molar-refractivity contribution in [3.05, 3.63) is 0 Å². The number of likely N-dealkylation sites (tertiary alicyclic amines) is 1. The zero-order chi connectivity index (χ0) is 15.2. The molecule has 2 rings (SSSR count). The van der Waals surface area contributed by atoms with Crippen LogP contribution in [0.5, 0.6) is 0 Å². The second kappa shape index (κ2) is 7.99. The van der Waals surface area contributed by atoms with E-state index in [-0.39, 0.29) is 18.7 Å². The van der Waals surface area contributed by atoms with E-state index < -0.39 is 0 Å². The van der Waals surface area contributed by atoms with E-state index in [4.69, 9.17) is 5.11 Å². The number of likely N-dealkylation sites (N-methyl/N-ethyl adjacent to an activating group) is 1. The third-order valence-corrected chi connectivity index (χ3v) is 5.18. The fourth-order valence-electron chi connectivity index (χ4n) is 3.46. The van der Waals surface area contributed by atoms with Crippen molar-refractivity contribution in [1.82, 2.24) is 15.1 Å². The number of aliphatic hydroxyl groups excluding tert-OH is 1. The van der Waals surface area contributed by atoms with Crippen LogP contribution in [0.15, 0.2) is 0 Å². The summed E-state index contributed by atoms with van der Waals surface area (Å²) in [6.07, 6.45) is 6.54. The normalized spacial score (nSPS) is 25.2. The zero-order valence-corrected chi connectivity index (χ0v) is 13.6. The molecule has 2 fully saturated rings. The predicted octanol–water partition coefficient (Wildman–Crippen LogP) is 1.66. The first kappa shape index (κ1) is 16.6. The minimum atomic E-state index is -0.0418. The third kappa shape index (κ3) is 4.33. The van der Waals surface area contributed by atoms with Crippen molar-refractivity contribution < 1.29 is 9.90 Å². The maximum absolute atomic E-state index is 12.2. The van der Waals surface area contributed by atoms with Crippen LogP contribution in [-0.4, -0.2) is 65.8 Å². The molecule has 1 aliphatic carbocycles. The van der Waals surface area contributed by atoms with Crippen LogP contribution in [0.3, 0.4) is 0 Å². The smallest absolute Gasteiger partial charge is 0.317 e. The maximum Gasteiger partial charge on any atom is 0.317 e. The van der Waals surface area contributed by atoms with Crippen LogP contribution in [0.2, 0.25) is 0 Å². The van der Waals surface area contributed by atoms with E-state index in [1.54, 1.807) is 4.90 Å². The second-order valence-corrected chi connectivity index (χ2v) is 6.52. The lowest BCUT2D eigenvalue weighted by Gasteiger charge is -2.44. The lowest BCUT2D eigenvalue weighted by molar-refractivity contribution is 0.0668. The molecule has 2 amide bonds. The van der Waals surface area contributed by atoms with Crippen LogP contribution in [0, 0.1) is 5.92 Å². The van der Waals surface area contributed by atoms with Crippen LogP contribution >= 0.6 is 0 Å². The molecule has 1 heterocycles. The number of amides is 2. The van der Waals surface area contributed by atoms with Gasteiger partial charge in [-0.25, -0.2) is 4.79 Å². The predicted molar refractivity (Wildman–Crippen MR) is 84.3 cm³/mol. The topological polar surface area (TPSA) is 55.8 Å². The van der Waals surface area contributed by atoms with E-state index >= 15 is 0 Å². The molecule has 5 heteroatoms. The van der Waals surface area contributed by atoms with Crippen molar-refractivity contribution in [1.29, 1.82) is 0 Å². The molecule has 5 nitrogen and oxygen atoms in total. The van der Waals surface area contributed by atoms with Gasteiger partial charge in [-0.05, 0) is 52.0 Å². The lowest BCUT2D eigenvalue weighted by Crippen LogP contribution is -2.53. The minimum Gasteiger partial charge on any atom is -0.395 e. The Hall–Kier alpha value is -0.810. The number of piperidine rings is 1. The molecule has 1 aliphatic heterocycles. The summed E-state index contributed by atoms with van der Waals surface area (Å²) in [5, 5.41) is 12.1. The standard InChI is InChI=1S/C16H31N3O2/c1-3-18(10-11-20)16(21)17-13(2)14-6-5-9-19(12-14)15-7-4-8-15/h13-15,20H,3-12H2,1-2H3,(H,17,21). The molecule has 2 aliphatic rings. The molecule has 0 aromatic carbocycles. The monoisotopic (exact) mass is 297 g/mol. The Balaban J connectivity index is 1.81. The van der Waals surface area contributed by atoms with Gasteiger partial charge in [-0.1, -0.05) is 6.42 Å². The molecular weight excluding hydrogens is 266 g/mol. The van der Waals surface area contributed by atoms with Crippen molar-refractivity contribution in [2.75, 3.05) is 32.8 Å². The van der Waals surface area contributed by atoms with Gasteiger partial charge in [0.05, 0.1) is 6.61 Å². The van der Waals surface area contributed by atoms with Gasteiger partial charge in [-0.2, -0.15) is 0 Å². The number of carbonyl (C=O) groups excluding carboxylic acids is 1. The molecule has 0 radical (unpaired) electrons. The lowest BCUT2D eigenvalue weighted by atomic mass is 9.86. The van der Waals surface area contributed by atoms with Gasteiger partial charge in [-0.15, -0.1) is 0 Å². The summed E-state index contributed by atoms with van der Waals surface area (Å²) >= 11 is 0. The van der Waals surface area contributed by atoms with E-state index in [0.29, 0.717) is 19.0 Å². The number of nitrogens with zero attached hydrogens (tertiary/aromatic N) is 2. The van der Waals surface area contributed by atoms with Crippen LogP contribution in [0.4, 0.5) is 4.79 Å². The number of hydrogen-bond acceptors (Lipinski definition) is 3. The average molecular weight is 297 g/mol. The SMILES string of the molecule is CCN(CCO)C(=O)NC(C)C1CCCN(C2CCC2)C1. The Bertz CT molecular complexity index is 333. The van der Waals surface area contributed by atoms with Crippen LogP contribution in [0.1, 0.15) is 46.0 Å². The molecule has 0 bridgehead atoms. The first-order valence-corrected chi connectivity index (χ1v) is 8.56. The first-order valence-electron chi connectivity index (χ1n) is 8.56. The average Bonchev–Trinajstić information content (AvgIpc) is 2.43. The summed E-state index contributed by atoms with van der Waals surface area (Å²) in [4.78, 5) is 16.5. The van der Waals surface area contributed by atoms with E-state index in [0.717, 1.165) is 12.6 Å². The van der Waals surface area contributed by atoms with E-state index in [1.165, 1.54) is 38.6 Å². The number of hydrogen-bond donors (Lipinski definition) is 2. The van der Waals surface area contributed by atoms with Gasteiger partial charge in [0.1, 0.15) is 0 Å². The van der Waals surface area contributed by atoms with Crippen LogP contribution in [-0.2, 0) is 0 Å². The van der Waals surface area contributed by atoms with Crippen molar-refractivity contribution in [3.8, 4) is 0 Å². The second-order valence-electron chi connectivity index (χ2n) is 6.52. The van der Waals surface area contributed by atoms with Crippen molar-refractivity contribution >= 4 is 6.03 Å². The molecule has 1 saturated carbocycles. The number of nitrogens with one attached hydrogen (secondary N) is 1. The van der Waals surface area contributed by atoms with Gasteiger partial charge < -0.3 is 20.2 Å². The van der Waals surface area contributed by atoms with Gasteiger partial charge in [0.25, 0.3) is 0 Å². The summed E-state index contributed by atoms with van der Waals surface area (Å²) < 4.78 is 0. The number of rotatable bonds is 6. The van der Waals surface area contributed by atoms with E-state index in [9.17, 15) is 4.79 Å². The first-order chi connectivity index (χ1) is 10.2. The molecule has 2 N–H and O–H groups in total. The van der Waals surface area contributed by atoms with Crippen LogP contribution < -0.4 is 5.32 Å². The Labute approximate surface area is 128 Å².